The first-order valence-electron chi connectivity index (χ1n) is 5.91. The second-order valence-electron chi connectivity index (χ2n) is 4.38. The van der Waals surface area contributed by atoms with Crippen LogP contribution in [0.3, 0.4) is 0 Å². The molecule has 1 N–H and O–H groups in total. The molecule has 2 rings (SSSR count). The van der Waals surface area contributed by atoms with Crippen molar-refractivity contribution in [3.63, 3.8) is 0 Å². The van der Waals surface area contributed by atoms with Gasteiger partial charge < -0.3 is 5.11 Å². The van der Waals surface area contributed by atoms with Gasteiger partial charge in [-0.15, -0.1) is 0 Å². The smallest absolute Gasteiger partial charge is 0.338 e. The lowest BCUT2D eigenvalue weighted by Crippen LogP contribution is -2.05. The van der Waals surface area contributed by atoms with Crippen LogP contribution in [0, 0.1) is 20.8 Å². The van der Waals surface area contributed by atoms with Crippen LogP contribution in [0.2, 0.25) is 0 Å². The van der Waals surface area contributed by atoms with Crippen LogP contribution in [-0.2, 0) is 0 Å². The average molecular weight is 353 g/mol. The summed E-state index contributed by atoms with van der Waals surface area (Å²) in [6.45, 7) is 5.52. The molecule has 2 aromatic rings. The molecule has 6 heteroatoms. The molecule has 0 aliphatic carbocycles. The van der Waals surface area contributed by atoms with Crippen molar-refractivity contribution in [2.24, 2.45) is 0 Å². The summed E-state index contributed by atoms with van der Waals surface area (Å²) < 4.78 is 0.925. The third-order valence-electron chi connectivity index (χ3n) is 2.72. The lowest BCUT2D eigenvalue weighted by atomic mass is 10.1. The van der Waals surface area contributed by atoms with Gasteiger partial charge in [0.15, 0.2) is 0 Å². The van der Waals surface area contributed by atoms with Crippen molar-refractivity contribution in [2.75, 3.05) is 0 Å². The van der Waals surface area contributed by atoms with E-state index in [1.807, 2.05) is 26.0 Å². The number of pyridine rings is 2. The fourth-order valence-electron chi connectivity index (χ4n) is 1.81. The quantitative estimate of drug-likeness (QED) is 0.903. The molecule has 0 saturated carbocycles. The lowest BCUT2D eigenvalue weighted by Gasteiger charge is -2.09. The Kier molecular flexibility index (Phi) is 4.45. The topological polar surface area (TPSA) is 63.1 Å². The minimum atomic E-state index is -0.966. The van der Waals surface area contributed by atoms with Crippen molar-refractivity contribution in [3.8, 4) is 0 Å². The van der Waals surface area contributed by atoms with E-state index in [0.717, 1.165) is 20.9 Å². The normalized spacial score (nSPS) is 10.6. The molecule has 0 radical (unpaired) electrons. The summed E-state index contributed by atoms with van der Waals surface area (Å²) in [6, 6.07) is 5.51. The Morgan fingerprint density at radius 3 is 2.55 bits per heavy atom. The number of carboxylic acids is 1. The highest BCUT2D eigenvalue weighted by atomic mass is 79.9. The van der Waals surface area contributed by atoms with Crippen LogP contribution in [0.5, 0.6) is 0 Å². The molecule has 0 atom stereocenters. The fraction of sp³-hybridized carbons (Fsp3) is 0.214. The number of aromatic carboxylic acids is 1. The molecule has 0 spiro atoms. The van der Waals surface area contributed by atoms with E-state index in [0.29, 0.717) is 10.6 Å². The molecule has 0 bridgehead atoms. The van der Waals surface area contributed by atoms with Crippen LogP contribution in [-0.4, -0.2) is 21.0 Å². The minimum Gasteiger partial charge on any atom is -0.478 e. The Morgan fingerprint density at radius 1 is 1.25 bits per heavy atom. The van der Waals surface area contributed by atoms with Gasteiger partial charge in [-0.2, -0.15) is 0 Å². The van der Waals surface area contributed by atoms with Crippen LogP contribution in [0.15, 0.2) is 32.7 Å². The molecule has 0 fully saturated rings. The molecular formula is C14H13BrN2O2S. The van der Waals surface area contributed by atoms with E-state index in [-0.39, 0.29) is 5.56 Å². The largest absolute Gasteiger partial charge is 0.478 e. The van der Waals surface area contributed by atoms with Gasteiger partial charge in [0.25, 0.3) is 0 Å². The number of nitrogens with zero attached hydrogens (tertiary/aromatic N) is 2. The van der Waals surface area contributed by atoms with Gasteiger partial charge in [0.05, 0.1) is 11.3 Å². The number of carboxylic acid groups (broad SMARTS) is 1. The molecule has 2 aromatic heterocycles. The fourth-order valence-corrected chi connectivity index (χ4v) is 3.09. The number of hydrogen-bond acceptors (Lipinski definition) is 4. The Balaban J connectivity index is 2.47. The number of halogens is 1. The van der Waals surface area contributed by atoms with Gasteiger partial charge in [0.1, 0.15) is 10.1 Å². The molecule has 0 aliphatic heterocycles. The molecular weight excluding hydrogens is 340 g/mol. The van der Waals surface area contributed by atoms with Gasteiger partial charge in [-0.25, -0.2) is 14.8 Å². The predicted octanol–water partition coefficient (Wildman–Crippen LogP) is 4.01. The Labute approximate surface area is 129 Å². The van der Waals surface area contributed by atoms with E-state index in [1.54, 1.807) is 13.0 Å². The van der Waals surface area contributed by atoms with Gasteiger partial charge in [0.2, 0.25) is 0 Å². The maximum atomic E-state index is 11.4. The van der Waals surface area contributed by atoms with Gasteiger partial charge in [-0.05, 0) is 72.2 Å². The predicted molar refractivity (Wildman–Crippen MR) is 81.5 cm³/mol. The first kappa shape index (κ1) is 15.0. The summed E-state index contributed by atoms with van der Waals surface area (Å²) in [4.78, 5) is 20.1. The zero-order valence-corrected chi connectivity index (χ0v) is 13.7. The maximum Gasteiger partial charge on any atom is 0.338 e. The van der Waals surface area contributed by atoms with E-state index in [9.17, 15) is 9.90 Å². The lowest BCUT2D eigenvalue weighted by molar-refractivity contribution is 0.0691. The number of carbonyl (C=O) groups is 1. The van der Waals surface area contributed by atoms with Crippen molar-refractivity contribution >= 4 is 33.7 Å². The maximum absolute atomic E-state index is 11.4. The highest BCUT2D eigenvalue weighted by molar-refractivity contribution is 9.10. The molecule has 0 unspecified atom stereocenters. The van der Waals surface area contributed by atoms with Crippen LogP contribution in [0.4, 0.5) is 0 Å². The highest BCUT2D eigenvalue weighted by Gasteiger charge is 2.17. The van der Waals surface area contributed by atoms with E-state index in [2.05, 4.69) is 25.9 Å². The third-order valence-corrected chi connectivity index (χ3v) is 4.49. The molecule has 0 saturated heterocycles. The third kappa shape index (κ3) is 3.19. The van der Waals surface area contributed by atoms with Crippen molar-refractivity contribution in [1.82, 2.24) is 9.97 Å². The second kappa shape index (κ2) is 5.93. The summed E-state index contributed by atoms with van der Waals surface area (Å²) in [5.41, 5.74) is 2.60. The average Bonchev–Trinajstić information content (AvgIpc) is 2.32. The monoisotopic (exact) mass is 352 g/mol. The Bertz CT molecular complexity index is 689. The number of aromatic nitrogens is 2. The van der Waals surface area contributed by atoms with Crippen molar-refractivity contribution in [3.05, 3.63) is 45.2 Å². The van der Waals surface area contributed by atoms with Crippen molar-refractivity contribution in [1.29, 1.82) is 0 Å². The second-order valence-corrected chi connectivity index (χ2v) is 6.25. The van der Waals surface area contributed by atoms with Crippen LogP contribution in [0.25, 0.3) is 0 Å². The Morgan fingerprint density at radius 2 is 1.95 bits per heavy atom. The van der Waals surface area contributed by atoms with Crippen LogP contribution in [0.1, 0.15) is 27.3 Å². The molecule has 0 aromatic carbocycles. The standard InChI is InChI=1S/C14H13BrN2O2S/c1-7-6-8(2)16-13(12(7)14(18)19)20-11-5-4-10(15)9(3)17-11/h4-6H,1-3H3,(H,18,19). The Hall–Kier alpha value is -1.40. The molecule has 4 nitrogen and oxygen atoms in total. The molecule has 0 amide bonds. The van der Waals surface area contributed by atoms with Crippen LogP contribution < -0.4 is 0 Å². The number of rotatable bonds is 3. The van der Waals surface area contributed by atoms with Crippen LogP contribution >= 0.6 is 27.7 Å². The summed E-state index contributed by atoms with van der Waals surface area (Å²) in [6.07, 6.45) is 0. The van der Waals surface area contributed by atoms with E-state index in [4.69, 9.17) is 0 Å². The van der Waals surface area contributed by atoms with E-state index in [1.165, 1.54) is 11.8 Å². The summed E-state index contributed by atoms with van der Waals surface area (Å²) >= 11 is 4.66. The van der Waals surface area contributed by atoms with Gasteiger partial charge in [-0.3, -0.25) is 0 Å². The van der Waals surface area contributed by atoms with Gasteiger partial charge in [-0.1, -0.05) is 0 Å². The van der Waals surface area contributed by atoms with E-state index < -0.39 is 5.97 Å². The van der Waals surface area contributed by atoms with Gasteiger partial charge >= 0.3 is 5.97 Å². The summed E-state index contributed by atoms with van der Waals surface area (Å²) in [7, 11) is 0. The SMILES string of the molecule is Cc1cc(C)c(C(=O)O)c(Sc2ccc(Br)c(C)n2)n1. The molecule has 0 aliphatic rings. The first-order valence-corrected chi connectivity index (χ1v) is 7.52. The number of hydrogen-bond donors (Lipinski definition) is 1. The first-order chi connectivity index (χ1) is 9.38. The minimum absolute atomic E-state index is 0.239. The van der Waals surface area contributed by atoms with Crippen molar-refractivity contribution < 1.29 is 9.90 Å². The highest BCUT2D eigenvalue weighted by Crippen LogP contribution is 2.31. The van der Waals surface area contributed by atoms with E-state index >= 15 is 0 Å². The van der Waals surface area contributed by atoms with Crippen molar-refractivity contribution in [2.45, 2.75) is 30.8 Å². The zero-order valence-electron chi connectivity index (χ0n) is 11.3. The number of aryl methyl sites for hydroxylation is 3. The summed E-state index contributed by atoms with van der Waals surface area (Å²) in [5.74, 6) is -0.966. The summed E-state index contributed by atoms with van der Waals surface area (Å²) in [5, 5.41) is 10.5. The van der Waals surface area contributed by atoms with Gasteiger partial charge in [0, 0.05) is 10.2 Å². The molecule has 2 heterocycles. The molecule has 104 valence electrons. The zero-order chi connectivity index (χ0) is 14.9. The molecule has 20 heavy (non-hydrogen) atoms.